The molecule has 2 N–H and O–H groups in total. The van der Waals surface area contributed by atoms with E-state index in [2.05, 4.69) is 4.72 Å². The van der Waals surface area contributed by atoms with Gasteiger partial charge in [0.2, 0.25) is 10.0 Å². The number of halogens is 1. The van der Waals surface area contributed by atoms with Gasteiger partial charge in [-0.25, -0.2) is 13.1 Å². The molecule has 0 aliphatic heterocycles. The first kappa shape index (κ1) is 16.4. The lowest BCUT2D eigenvalue weighted by atomic mass is 10.0. The summed E-state index contributed by atoms with van der Waals surface area (Å²) in [5.74, 6) is -0.943. The molecule has 106 valence electrons. The van der Waals surface area contributed by atoms with Crippen LogP contribution in [-0.2, 0) is 14.8 Å². The van der Waals surface area contributed by atoms with E-state index in [-0.39, 0.29) is 17.7 Å². The van der Waals surface area contributed by atoms with E-state index in [9.17, 15) is 13.2 Å². The van der Waals surface area contributed by atoms with Crippen LogP contribution in [0.25, 0.3) is 0 Å². The van der Waals surface area contributed by atoms with Crippen molar-refractivity contribution in [3.8, 4) is 0 Å². The van der Waals surface area contributed by atoms with Crippen molar-refractivity contribution >= 4 is 38.6 Å². The second-order valence-corrected chi connectivity index (χ2v) is 7.77. The maximum absolute atomic E-state index is 12.2. The second kappa shape index (κ2) is 6.19. The largest absolute Gasteiger partial charge is 0.481 e. The summed E-state index contributed by atoms with van der Waals surface area (Å²) < 4.78 is 27.7. The molecule has 0 spiro atoms. The van der Waals surface area contributed by atoms with Gasteiger partial charge in [-0.2, -0.15) is 0 Å². The first-order chi connectivity index (χ1) is 8.62. The van der Waals surface area contributed by atoms with Crippen molar-refractivity contribution in [3.05, 3.63) is 27.8 Å². The average molecular weight is 397 g/mol. The van der Waals surface area contributed by atoms with Gasteiger partial charge in [0, 0.05) is 15.5 Å². The summed E-state index contributed by atoms with van der Waals surface area (Å²) in [7, 11) is -3.64. The van der Waals surface area contributed by atoms with Crippen molar-refractivity contribution in [3.63, 3.8) is 0 Å². The van der Waals surface area contributed by atoms with Gasteiger partial charge in [-0.15, -0.1) is 0 Å². The molecule has 0 fully saturated rings. The van der Waals surface area contributed by atoms with Crippen LogP contribution in [0.1, 0.15) is 26.7 Å². The molecule has 5 nitrogen and oxygen atoms in total. The number of rotatable bonds is 6. The number of sulfonamides is 1. The van der Waals surface area contributed by atoms with E-state index in [4.69, 9.17) is 5.11 Å². The van der Waals surface area contributed by atoms with Crippen molar-refractivity contribution in [1.29, 1.82) is 0 Å². The fourth-order valence-electron chi connectivity index (χ4n) is 1.53. The van der Waals surface area contributed by atoms with Crippen molar-refractivity contribution in [1.82, 2.24) is 4.72 Å². The van der Waals surface area contributed by atoms with E-state index in [0.29, 0.717) is 0 Å². The minimum atomic E-state index is -3.64. The van der Waals surface area contributed by atoms with E-state index in [1.54, 1.807) is 32.0 Å². The number of hydrogen-bond donors (Lipinski definition) is 2. The zero-order valence-corrected chi connectivity index (χ0v) is 13.7. The SMILES string of the molecule is CC(C)(CCC(=O)O)NS(=O)(=O)c1cccc(I)c1. The van der Waals surface area contributed by atoms with Gasteiger partial charge in [-0.05, 0) is 61.1 Å². The molecule has 0 amide bonds. The van der Waals surface area contributed by atoms with Gasteiger partial charge in [0.05, 0.1) is 4.90 Å². The van der Waals surface area contributed by atoms with Gasteiger partial charge in [-0.1, -0.05) is 6.07 Å². The van der Waals surface area contributed by atoms with E-state index >= 15 is 0 Å². The van der Waals surface area contributed by atoms with Gasteiger partial charge in [0.25, 0.3) is 0 Å². The van der Waals surface area contributed by atoms with Gasteiger partial charge in [-0.3, -0.25) is 4.79 Å². The fraction of sp³-hybridized carbons (Fsp3) is 0.417. The minimum Gasteiger partial charge on any atom is -0.481 e. The summed E-state index contributed by atoms with van der Waals surface area (Å²) in [5, 5.41) is 8.65. The van der Waals surface area contributed by atoms with E-state index < -0.39 is 21.5 Å². The highest BCUT2D eigenvalue weighted by Crippen LogP contribution is 2.18. The summed E-state index contributed by atoms with van der Waals surface area (Å²) in [6.07, 6.45) is 0.146. The van der Waals surface area contributed by atoms with Crippen LogP contribution in [0.3, 0.4) is 0 Å². The predicted molar refractivity (Wildman–Crippen MR) is 80.4 cm³/mol. The van der Waals surface area contributed by atoms with Crippen molar-refractivity contribution in [2.45, 2.75) is 37.1 Å². The molecule has 0 bridgehead atoms. The van der Waals surface area contributed by atoms with Crippen LogP contribution >= 0.6 is 22.6 Å². The summed E-state index contributed by atoms with van der Waals surface area (Å²) in [4.78, 5) is 10.7. The van der Waals surface area contributed by atoms with Crippen LogP contribution in [-0.4, -0.2) is 25.0 Å². The molecule has 0 saturated carbocycles. The summed E-state index contributed by atoms with van der Waals surface area (Å²) in [6, 6.07) is 6.55. The molecular formula is C12H16INO4S. The Hall–Kier alpha value is -0.670. The zero-order valence-electron chi connectivity index (χ0n) is 10.7. The molecule has 0 aliphatic carbocycles. The Bertz CT molecular complexity index is 569. The monoisotopic (exact) mass is 397 g/mol. The maximum Gasteiger partial charge on any atom is 0.303 e. The highest BCUT2D eigenvalue weighted by atomic mass is 127. The lowest BCUT2D eigenvalue weighted by molar-refractivity contribution is -0.137. The first-order valence-electron chi connectivity index (χ1n) is 5.64. The molecular weight excluding hydrogens is 381 g/mol. The quantitative estimate of drug-likeness (QED) is 0.722. The predicted octanol–water partition coefficient (Wildman–Crippen LogP) is 2.21. The molecule has 7 heteroatoms. The van der Waals surface area contributed by atoms with Gasteiger partial charge >= 0.3 is 5.97 Å². The summed E-state index contributed by atoms with van der Waals surface area (Å²) in [6.45, 7) is 3.34. The number of benzene rings is 1. The van der Waals surface area contributed by atoms with Gasteiger partial charge in [0.15, 0.2) is 0 Å². The molecule has 19 heavy (non-hydrogen) atoms. The molecule has 0 saturated heterocycles. The van der Waals surface area contributed by atoms with Crippen LogP contribution in [0.5, 0.6) is 0 Å². The summed E-state index contributed by atoms with van der Waals surface area (Å²) >= 11 is 2.04. The third-order valence-electron chi connectivity index (χ3n) is 2.48. The molecule has 0 atom stereocenters. The molecule has 1 rings (SSSR count). The maximum atomic E-state index is 12.2. The Morgan fingerprint density at radius 2 is 2.05 bits per heavy atom. The molecule has 1 aromatic carbocycles. The number of carboxylic acids is 1. The molecule has 0 heterocycles. The molecule has 0 radical (unpaired) electrons. The van der Waals surface area contributed by atoms with Crippen LogP contribution in [0.4, 0.5) is 0 Å². The highest BCUT2D eigenvalue weighted by Gasteiger charge is 2.26. The van der Waals surface area contributed by atoms with Crippen LogP contribution < -0.4 is 4.72 Å². The molecule has 1 aromatic rings. The summed E-state index contributed by atoms with van der Waals surface area (Å²) in [5.41, 5.74) is -0.807. The minimum absolute atomic E-state index is 0.0815. The Labute approximate surface area is 126 Å². The third-order valence-corrected chi connectivity index (χ3v) is 4.85. The van der Waals surface area contributed by atoms with Crippen LogP contribution in [0.15, 0.2) is 29.2 Å². The Kier molecular flexibility index (Phi) is 5.34. The average Bonchev–Trinajstić information content (AvgIpc) is 2.25. The first-order valence-corrected chi connectivity index (χ1v) is 8.20. The van der Waals surface area contributed by atoms with Crippen molar-refractivity contribution < 1.29 is 18.3 Å². The Morgan fingerprint density at radius 1 is 1.42 bits per heavy atom. The Morgan fingerprint density at radius 3 is 2.58 bits per heavy atom. The van der Waals surface area contributed by atoms with Crippen LogP contribution in [0, 0.1) is 3.57 Å². The third kappa shape index (κ3) is 5.45. The number of nitrogens with one attached hydrogen (secondary N) is 1. The van der Waals surface area contributed by atoms with Gasteiger partial charge in [0.1, 0.15) is 0 Å². The van der Waals surface area contributed by atoms with Crippen LogP contribution in [0.2, 0.25) is 0 Å². The lowest BCUT2D eigenvalue weighted by Crippen LogP contribution is -2.43. The smallest absolute Gasteiger partial charge is 0.303 e. The van der Waals surface area contributed by atoms with E-state index in [1.165, 1.54) is 6.07 Å². The standard InChI is InChI=1S/C12H16INO4S/c1-12(2,7-6-11(15)16)14-19(17,18)10-5-3-4-9(13)8-10/h3-5,8,14H,6-7H2,1-2H3,(H,15,16). The van der Waals surface area contributed by atoms with E-state index in [0.717, 1.165) is 3.57 Å². The number of hydrogen-bond acceptors (Lipinski definition) is 3. The molecule has 0 aromatic heterocycles. The Balaban J connectivity index is 2.87. The van der Waals surface area contributed by atoms with Crippen molar-refractivity contribution in [2.24, 2.45) is 0 Å². The molecule has 0 unspecified atom stereocenters. The van der Waals surface area contributed by atoms with E-state index in [1.807, 2.05) is 22.6 Å². The van der Waals surface area contributed by atoms with Crippen molar-refractivity contribution in [2.75, 3.05) is 0 Å². The normalized spacial score (nSPS) is 12.4. The number of carbonyl (C=O) groups is 1. The lowest BCUT2D eigenvalue weighted by Gasteiger charge is -2.25. The fourth-order valence-corrected chi connectivity index (χ4v) is 3.77. The highest BCUT2D eigenvalue weighted by molar-refractivity contribution is 14.1. The second-order valence-electron chi connectivity index (χ2n) is 4.84. The topological polar surface area (TPSA) is 83.5 Å². The van der Waals surface area contributed by atoms with Gasteiger partial charge < -0.3 is 5.11 Å². The number of carboxylic acid groups (broad SMARTS) is 1. The molecule has 0 aliphatic rings. The zero-order chi connectivity index (χ0) is 14.7. The number of aliphatic carboxylic acids is 1.